The molecule has 0 bridgehead atoms. The van der Waals surface area contributed by atoms with Crippen molar-refractivity contribution in [2.45, 2.75) is 32.7 Å². The maximum atomic E-state index is 12.4. The number of aromatic amines is 1. The van der Waals surface area contributed by atoms with Gasteiger partial charge in [0.05, 0.1) is 17.6 Å². The van der Waals surface area contributed by atoms with E-state index in [1.165, 1.54) is 0 Å². The molecule has 8 heteroatoms. The molecule has 26 heavy (non-hydrogen) atoms. The van der Waals surface area contributed by atoms with Gasteiger partial charge >= 0.3 is 6.03 Å². The molecule has 0 radical (unpaired) electrons. The van der Waals surface area contributed by atoms with Gasteiger partial charge in [-0.05, 0) is 30.9 Å². The maximum Gasteiger partial charge on any atom is 0.317 e. The Balaban J connectivity index is 1.33. The van der Waals surface area contributed by atoms with Gasteiger partial charge in [0.15, 0.2) is 5.82 Å². The fraction of sp³-hybridized carbons (Fsp3) is 0.444. The Kier molecular flexibility index (Phi) is 4.55. The molecule has 8 nitrogen and oxygen atoms in total. The molecular formula is C18H22N6O2. The molecule has 1 aliphatic heterocycles. The zero-order valence-corrected chi connectivity index (χ0v) is 14.7. The molecule has 1 saturated heterocycles. The molecule has 0 spiro atoms. The van der Waals surface area contributed by atoms with E-state index in [0.717, 1.165) is 49.2 Å². The second-order valence-corrected chi connectivity index (χ2v) is 6.75. The SMILES string of the molecule is Cc1nc(CNC(=O)N2CCC[C@H](Cc3nc4ccccc4[nH]3)C2)no1. The summed E-state index contributed by atoms with van der Waals surface area (Å²) in [7, 11) is 0. The molecule has 2 amide bonds. The van der Waals surface area contributed by atoms with E-state index in [4.69, 9.17) is 4.52 Å². The van der Waals surface area contributed by atoms with Crippen LogP contribution in [-0.2, 0) is 13.0 Å². The Hall–Kier alpha value is -2.90. The summed E-state index contributed by atoms with van der Waals surface area (Å²) in [5.74, 6) is 2.38. The number of rotatable bonds is 4. The molecule has 3 aromatic rings. The van der Waals surface area contributed by atoms with Crippen molar-refractivity contribution in [2.75, 3.05) is 13.1 Å². The highest BCUT2D eigenvalue weighted by Gasteiger charge is 2.24. The topological polar surface area (TPSA) is 99.9 Å². The van der Waals surface area contributed by atoms with Crippen LogP contribution in [0.4, 0.5) is 4.79 Å². The van der Waals surface area contributed by atoms with Crippen molar-refractivity contribution >= 4 is 17.1 Å². The van der Waals surface area contributed by atoms with Crippen LogP contribution in [0.1, 0.15) is 30.4 Å². The van der Waals surface area contributed by atoms with Gasteiger partial charge in [-0.3, -0.25) is 0 Å². The van der Waals surface area contributed by atoms with Gasteiger partial charge in [0.25, 0.3) is 0 Å². The summed E-state index contributed by atoms with van der Waals surface area (Å²) >= 11 is 0. The summed E-state index contributed by atoms with van der Waals surface area (Å²) in [5.41, 5.74) is 2.05. The molecule has 2 aromatic heterocycles. The van der Waals surface area contributed by atoms with E-state index in [0.29, 0.717) is 17.6 Å². The molecule has 4 rings (SSSR count). The number of carbonyl (C=O) groups is 1. The fourth-order valence-electron chi connectivity index (χ4n) is 3.47. The molecule has 0 aliphatic carbocycles. The zero-order valence-electron chi connectivity index (χ0n) is 14.7. The van der Waals surface area contributed by atoms with Crippen LogP contribution in [-0.4, -0.2) is 44.1 Å². The first-order chi connectivity index (χ1) is 12.7. The zero-order chi connectivity index (χ0) is 17.9. The Labute approximate surface area is 151 Å². The van der Waals surface area contributed by atoms with Gasteiger partial charge in [0.2, 0.25) is 5.89 Å². The normalized spacial score (nSPS) is 17.6. The molecule has 136 valence electrons. The quantitative estimate of drug-likeness (QED) is 0.749. The van der Waals surface area contributed by atoms with Crippen molar-refractivity contribution in [3.05, 3.63) is 41.8 Å². The van der Waals surface area contributed by atoms with Gasteiger partial charge in [0.1, 0.15) is 5.82 Å². The number of hydrogen-bond donors (Lipinski definition) is 2. The largest absolute Gasteiger partial charge is 0.342 e. The van der Waals surface area contributed by atoms with E-state index < -0.39 is 0 Å². The van der Waals surface area contributed by atoms with Crippen LogP contribution in [0.15, 0.2) is 28.8 Å². The summed E-state index contributed by atoms with van der Waals surface area (Å²) in [6.07, 6.45) is 2.95. The molecule has 3 heterocycles. The number of imidazole rings is 1. The monoisotopic (exact) mass is 354 g/mol. The average molecular weight is 354 g/mol. The van der Waals surface area contributed by atoms with E-state index in [1.807, 2.05) is 29.2 Å². The summed E-state index contributed by atoms with van der Waals surface area (Å²) in [4.78, 5) is 26.4. The van der Waals surface area contributed by atoms with Crippen LogP contribution in [0.5, 0.6) is 0 Å². The van der Waals surface area contributed by atoms with Crippen LogP contribution < -0.4 is 5.32 Å². The Morgan fingerprint density at radius 2 is 2.27 bits per heavy atom. The number of hydrogen-bond acceptors (Lipinski definition) is 5. The lowest BCUT2D eigenvalue weighted by Gasteiger charge is -2.32. The third kappa shape index (κ3) is 3.68. The molecular weight excluding hydrogens is 332 g/mol. The van der Waals surface area contributed by atoms with Crippen molar-refractivity contribution in [3.8, 4) is 0 Å². The number of para-hydroxylation sites is 2. The van der Waals surface area contributed by atoms with Gasteiger partial charge in [-0.15, -0.1) is 0 Å². The average Bonchev–Trinajstić information content (AvgIpc) is 3.25. The smallest absolute Gasteiger partial charge is 0.317 e. The van der Waals surface area contributed by atoms with Gasteiger partial charge < -0.3 is 19.7 Å². The number of benzene rings is 1. The lowest BCUT2D eigenvalue weighted by molar-refractivity contribution is 0.164. The fourth-order valence-corrected chi connectivity index (χ4v) is 3.47. The van der Waals surface area contributed by atoms with Gasteiger partial charge in [0, 0.05) is 26.4 Å². The Morgan fingerprint density at radius 1 is 1.38 bits per heavy atom. The summed E-state index contributed by atoms with van der Waals surface area (Å²) in [6, 6.07) is 7.95. The molecule has 1 aliphatic rings. The second kappa shape index (κ2) is 7.15. The van der Waals surface area contributed by atoms with E-state index in [1.54, 1.807) is 6.92 Å². The first-order valence-corrected chi connectivity index (χ1v) is 8.93. The Morgan fingerprint density at radius 3 is 3.08 bits per heavy atom. The predicted octanol–water partition coefficient (Wildman–Crippen LogP) is 2.42. The lowest BCUT2D eigenvalue weighted by Crippen LogP contribution is -2.45. The number of nitrogens with zero attached hydrogens (tertiary/aromatic N) is 4. The van der Waals surface area contributed by atoms with Crippen molar-refractivity contribution < 1.29 is 9.32 Å². The third-order valence-corrected chi connectivity index (χ3v) is 4.69. The van der Waals surface area contributed by atoms with Crippen LogP contribution >= 0.6 is 0 Å². The maximum absolute atomic E-state index is 12.4. The highest BCUT2D eigenvalue weighted by molar-refractivity contribution is 5.75. The number of nitrogens with one attached hydrogen (secondary N) is 2. The number of aromatic nitrogens is 4. The molecule has 1 atom stereocenters. The van der Waals surface area contributed by atoms with Crippen molar-refractivity contribution in [2.24, 2.45) is 5.92 Å². The summed E-state index contributed by atoms with van der Waals surface area (Å²) < 4.78 is 4.91. The predicted molar refractivity (Wildman–Crippen MR) is 95.4 cm³/mol. The lowest BCUT2D eigenvalue weighted by atomic mass is 9.95. The first-order valence-electron chi connectivity index (χ1n) is 8.93. The summed E-state index contributed by atoms with van der Waals surface area (Å²) in [6.45, 7) is 3.51. The van der Waals surface area contributed by atoms with Gasteiger partial charge in [-0.1, -0.05) is 17.3 Å². The minimum atomic E-state index is -0.0817. The molecule has 1 fully saturated rings. The second-order valence-electron chi connectivity index (χ2n) is 6.75. The third-order valence-electron chi connectivity index (χ3n) is 4.69. The minimum Gasteiger partial charge on any atom is -0.342 e. The van der Waals surface area contributed by atoms with Crippen LogP contribution in [0.3, 0.4) is 0 Å². The standard InChI is InChI=1S/C18H22N6O2/c1-12-20-17(23-26-12)10-19-18(25)24-8-4-5-13(11-24)9-16-21-14-6-2-3-7-15(14)22-16/h2-3,6-7,13H,4-5,8-11H2,1H3,(H,19,25)(H,21,22)/t13-/m1/s1. The Bertz CT molecular complexity index is 869. The van der Waals surface area contributed by atoms with E-state index in [-0.39, 0.29) is 12.6 Å². The van der Waals surface area contributed by atoms with E-state index in [2.05, 4.69) is 25.4 Å². The number of amides is 2. The van der Waals surface area contributed by atoms with E-state index in [9.17, 15) is 4.79 Å². The first kappa shape index (κ1) is 16.6. The number of aryl methyl sites for hydroxylation is 1. The van der Waals surface area contributed by atoms with Gasteiger partial charge in [-0.2, -0.15) is 4.98 Å². The van der Waals surface area contributed by atoms with Crippen molar-refractivity contribution in [3.63, 3.8) is 0 Å². The highest BCUT2D eigenvalue weighted by Crippen LogP contribution is 2.21. The number of likely N-dealkylation sites (tertiary alicyclic amines) is 1. The van der Waals surface area contributed by atoms with Crippen LogP contribution in [0, 0.1) is 12.8 Å². The van der Waals surface area contributed by atoms with Crippen molar-refractivity contribution in [1.82, 2.24) is 30.3 Å². The molecule has 1 aromatic carbocycles. The van der Waals surface area contributed by atoms with Crippen LogP contribution in [0.2, 0.25) is 0 Å². The van der Waals surface area contributed by atoms with E-state index >= 15 is 0 Å². The van der Waals surface area contributed by atoms with Crippen LogP contribution in [0.25, 0.3) is 11.0 Å². The van der Waals surface area contributed by atoms with Crippen molar-refractivity contribution in [1.29, 1.82) is 0 Å². The minimum absolute atomic E-state index is 0.0817. The number of carbonyl (C=O) groups excluding carboxylic acids is 1. The van der Waals surface area contributed by atoms with Gasteiger partial charge in [-0.25, -0.2) is 9.78 Å². The molecule has 0 unspecified atom stereocenters. The number of H-pyrrole nitrogens is 1. The highest BCUT2D eigenvalue weighted by atomic mass is 16.5. The number of piperidine rings is 1. The number of fused-ring (bicyclic) bond motifs is 1. The summed E-state index contributed by atoms with van der Waals surface area (Å²) in [5, 5.41) is 6.66. The molecule has 0 saturated carbocycles. The number of urea groups is 1. The molecule has 2 N–H and O–H groups in total.